The molecule has 0 spiro atoms. The number of hydrogen-bond donors (Lipinski definition) is 1. The van der Waals surface area contributed by atoms with Crippen LogP contribution >= 0.6 is 15.9 Å². The molecule has 0 amide bonds. The molecule has 194 valence electrons. The van der Waals surface area contributed by atoms with Crippen LogP contribution < -0.4 is 15.0 Å². The van der Waals surface area contributed by atoms with E-state index in [1.54, 1.807) is 24.4 Å². The zero-order valence-corrected chi connectivity index (χ0v) is 22.5. The third-order valence-electron chi connectivity index (χ3n) is 6.51. The number of halogens is 1. The standard InChI is InChI=1S/C28H30BrN3O5/c1-4-8-20-13-18(14-24(36-3)25(20)37-17(2)28(34)35)16-30-32-26(19-9-6-5-7-10-19)31-23-12-11-21(29)15-22(23)27(32)33/h4,11-17,19H,1,5-10H2,2-3H3,(H,34,35)/t17-/m1/s1. The fourth-order valence-corrected chi connectivity index (χ4v) is 4.97. The highest BCUT2D eigenvalue weighted by molar-refractivity contribution is 9.10. The van der Waals surface area contributed by atoms with Crippen LogP contribution in [0.15, 0.2) is 57.4 Å². The van der Waals surface area contributed by atoms with Gasteiger partial charge in [0.2, 0.25) is 0 Å². The van der Waals surface area contributed by atoms with E-state index in [1.165, 1.54) is 25.1 Å². The van der Waals surface area contributed by atoms with Crippen LogP contribution in [0.2, 0.25) is 0 Å². The number of rotatable bonds is 9. The van der Waals surface area contributed by atoms with E-state index in [-0.39, 0.29) is 11.5 Å². The van der Waals surface area contributed by atoms with Crippen molar-refractivity contribution in [1.82, 2.24) is 9.66 Å². The van der Waals surface area contributed by atoms with Gasteiger partial charge in [-0.2, -0.15) is 9.78 Å². The van der Waals surface area contributed by atoms with Gasteiger partial charge in [0.05, 0.1) is 24.2 Å². The number of nitrogens with zero attached hydrogens (tertiary/aromatic N) is 3. The summed E-state index contributed by atoms with van der Waals surface area (Å²) in [7, 11) is 1.49. The number of aliphatic carboxylic acids is 1. The molecule has 1 aliphatic carbocycles. The molecule has 8 nitrogen and oxygen atoms in total. The van der Waals surface area contributed by atoms with E-state index in [1.807, 2.05) is 18.2 Å². The molecule has 3 aromatic rings. The Bertz CT molecular complexity index is 1410. The number of carbonyl (C=O) groups is 1. The van der Waals surface area contributed by atoms with Crippen molar-refractivity contribution in [3.8, 4) is 11.5 Å². The molecule has 4 rings (SSSR count). The molecule has 1 fully saturated rings. The molecule has 1 saturated carbocycles. The first kappa shape index (κ1) is 26.6. The Hall–Kier alpha value is -3.46. The number of aromatic nitrogens is 2. The molecule has 1 aliphatic rings. The van der Waals surface area contributed by atoms with Crippen molar-refractivity contribution < 1.29 is 19.4 Å². The van der Waals surface area contributed by atoms with E-state index in [9.17, 15) is 14.7 Å². The number of fused-ring (bicyclic) bond motifs is 1. The molecule has 0 bridgehead atoms. The summed E-state index contributed by atoms with van der Waals surface area (Å²) >= 11 is 3.45. The normalized spacial score (nSPS) is 15.1. The van der Waals surface area contributed by atoms with Crippen LogP contribution in [0.5, 0.6) is 11.5 Å². The zero-order chi connectivity index (χ0) is 26.5. The number of carboxylic acids is 1. The molecular weight excluding hydrogens is 538 g/mol. The van der Waals surface area contributed by atoms with Crippen LogP contribution in [0.1, 0.15) is 61.9 Å². The topological polar surface area (TPSA) is 103 Å². The van der Waals surface area contributed by atoms with Gasteiger partial charge in [-0.3, -0.25) is 4.79 Å². The van der Waals surface area contributed by atoms with Gasteiger partial charge in [0.15, 0.2) is 17.6 Å². The van der Waals surface area contributed by atoms with E-state index < -0.39 is 12.1 Å². The Morgan fingerprint density at radius 1 is 1.30 bits per heavy atom. The predicted octanol–water partition coefficient (Wildman–Crippen LogP) is 5.68. The minimum absolute atomic E-state index is 0.158. The first-order valence-electron chi connectivity index (χ1n) is 12.3. The van der Waals surface area contributed by atoms with Crippen molar-refractivity contribution in [3.63, 3.8) is 0 Å². The average molecular weight is 568 g/mol. The van der Waals surface area contributed by atoms with E-state index in [2.05, 4.69) is 27.6 Å². The van der Waals surface area contributed by atoms with Gasteiger partial charge in [-0.15, -0.1) is 6.58 Å². The van der Waals surface area contributed by atoms with E-state index in [0.717, 1.165) is 30.2 Å². The second-order valence-electron chi connectivity index (χ2n) is 9.13. The molecule has 9 heteroatoms. The maximum absolute atomic E-state index is 13.6. The molecule has 0 unspecified atom stereocenters. The molecule has 0 radical (unpaired) electrons. The summed E-state index contributed by atoms with van der Waals surface area (Å²) in [5.41, 5.74) is 1.80. The lowest BCUT2D eigenvalue weighted by Crippen LogP contribution is -2.25. The van der Waals surface area contributed by atoms with Crippen molar-refractivity contribution in [2.45, 2.75) is 57.5 Å². The smallest absolute Gasteiger partial charge is 0.344 e. The Kier molecular flexibility index (Phi) is 8.43. The summed E-state index contributed by atoms with van der Waals surface area (Å²) in [6.07, 6.45) is 7.98. The Labute approximate surface area is 223 Å². The Morgan fingerprint density at radius 3 is 2.73 bits per heavy atom. The van der Waals surface area contributed by atoms with Crippen LogP contribution in [0.25, 0.3) is 10.9 Å². The van der Waals surface area contributed by atoms with Crippen LogP contribution in [-0.4, -0.2) is 40.2 Å². The second kappa shape index (κ2) is 11.7. The number of benzene rings is 2. The second-order valence-corrected chi connectivity index (χ2v) is 10.0. The number of ether oxygens (including phenoxy) is 2. The maximum Gasteiger partial charge on any atom is 0.344 e. The third kappa shape index (κ3) is 5.93. The molecule has 1 atom stereocenters. The van der Waals surface area contributed by atoms with Gasteiger partial charge in [-0.1, -0.05) is 41.3 Å². The van der Waals surface area contributed by atoms with Crippen molar-refractivity contribution in [2.24, 2.45) is 5.10 Å². The minimum atomic E-state index is -1.08. The number of carboxylic acid groups (broad SMARTS) is 1. The summed E-state index contributed by atoms with van der Waals surface area (Å²) in [4.78, 5) is 29.8. The van der Waals surface area contributed by atoms with Gasteiger partial charge in [0, 0.05) is 16.0 Å². The van der Waals surface area contributed by atoms with E-state index in [0.29, 0.717) is 45.8 Å². The molecule has 1 aromatic heterocycles. The van der Waals surface area contributed by atoms with Gasteiger partial charge < -0.3 is 14.6 Å². The van der Waals surface area contributed by atoms with Crippen molar-refractivity contribution in [2.75, 3.05) is 7.11 Å². The first-order valence-corrected chi connectivity index (χ1v) is 13.1. The fourth-order valence-electron chi connectivity index (χ4n) is 4.60. The average Bonchev–Trinajstić information content (AvgIpc) is 2.90. The Morgan fingerprint density at radius 2 is 2.05 bits per heavy atom. The van der Waals surface area contributed by atoms with Crippen molar-refractivity contribution in [1.29, 1.82) is 0 Å². The van der Waals surface area contributed by atoms with E-state index >= 15 is 0 Å². The molecule has 37 heavy (non-hydrogen) atoms. The number of hydrogen-bond acceptors (Lipinski definition) is 6. The molecule has 0 aliphatic heterocycles. The lowest BCUT2D eigenvalue weighted by molar-refractivity contribution is -0.144. The van der Waals surface area contributed by atoms with Crippen molar-refractivity contribution in [3.05, 3.63) is 74.8 Å². The minimum Gasteiger partial charge on any atom is -0.493 e. The van der Waals surface area contributed by atoms with Crippen LogP contribution in [-0.2, 0) is 11.2 Å². The SMILES string of the molecule is C=CCc1cc(C=Nn2c(C3CCCCC3)nc3ccc(Br)cc3c2=O)cc(OC)c1O[C@H](C)C(=O)O. The highest BCUT2D eigenvalue weighted by Crippen LogP contribution is 2.35. The van der Waals surface area contributed by atoms with Gasteiger partial charge in [0.25, 0.3) is 5.56 Å². The quantitative estimate of drug-likeness (QED) is 0.263. The van der Waals surface area contributed by atoms with Crippen molar-refractivity contribution >= 4 is 39.0 Å². The largest absolute Gasteiger partial charge is 0.493 e. The molecule has 1 heterocycles. The first-order chi connectivity index (χ1) is 17.8. The summed E-state index contributed by atoms with van der Waals surface area (Å²) in [6.45, 7) is 5.25. The number of allylic oxidation sites excluding steroid dienone is 1. The van der Waals surface area contributed by atoms with Gasteiger partial charge >= 0.3 is 5.97 Å². The third-order valence-corrected chi connectivity index (χ3v) is 7.00. The summed E-state index contributed by atoms with van der Waals surface area (Å²) < 4.78 is 13.4. The fraction of sp³-hybridized carbons (Fsp3) is 0.357. The van der Waals surface area contributed by atoms with Gasteiger partial charge in [-0.05, 0) is 62.1 Å². The molecule has 1 N–H and O–H groups in total. The monoisotopic (exact) mass is 567 g/mol. The summed E-state index contributed by atoms with van der Waals surface area (Å²) in [5.74, 6) is 0.457. The molecule has 2 aromatic carbocycles. The zero-order valence-electron chi connectivity index (χ0n) is 20.9. The maximum atomic E-state index is 13.6. The van der Waals surface area contributed by atoms with Gasteiger partial charge in [0.1, 0.15) is 5.82 Å². The lowest BCUT2D eigenvalue weighted by Gasteiger charge is -2.22. The lowest BCUT2D eigenvalue weighted by atomic mass is 9.88. The van der Waals surface area contributed by atoms with Gasteiger partial charge in [-0.25, -0.2) is 9.78 Å². The number of methoxy groups -OCH3 is 1. The van der Waals surface area contributed by atoms with Crippen LogP contribution in [0.3, 0.4) is 0 Å². The van der Waals surface area contributed by atoms with Crippen LogP contribution in [0.4, 0.5) is 0 Å². The summed E-state index contributed by atoms with van der Waals surface area (Å²) in [5, 5.41) is 14.4. The molecular formula is C28H30BrN3O5. The Balaban J connectivity index is 1.82. The molecule has 0 saturated heterocycles. The predicted molar refractivity (Wildman–Crippen MR) is 147 cm³/mol. The highest BCUT2D eigenvalue weighted by atomic mass is 79.9. The highest BCUT2D eigenvalue weighted by Gasteiger charge is 2.23. The summed E-state index contributed by atoms with van der Waals surface area (Å²) in [6, 6.07) is 9.03. The van der Waals surface area contributed by atoms with E-state index in [4.69, 9.17) is 14.5 Å². The van der Waals surface area contributed by atoms with Crippen LogP contribution in [0, 0.1) is 0 Å².